The van der Waals surface area contributed by atoms with E-state index in [1.165, 1.54) is 36.4 Å². The molecule has 0 unspecified atom stereocenters. The molecule has 8 nitrogen and oxygen atoms in total. The molecule has 0 fully saturated rings. The van der Waals surface area contributed by atoms with Crippen molar-refractivity contribution in [3.8, 4) is 0 Å². The summed E-state index contributed by atoms with van der Waals surface area (Å²) >= 11 is 0. The van der Waals surface area contributed by atoms with Crippen molar-refractivity contribution in [1.82, 2.24) is 0 Å². The van der Waals surface area contributed by atoms with E-state index < -0.39 is 22.0 Å². The third kappa shape index (κ3) is 4.09. The van der Waals surface area contributed by atoms with E-state index >= 15 is 0 Å². The van der Waals surface area contributed by atoms with Crippen LogP contribution in [0, 0.1) is 13.8 Å². The van der Waals surface area contributed by atoms with Gasteiger partial charge in [-0.05, 0) is 43.2 Å². The molecule has 1 heterocycles. The third-order valence-corrected chi connectivity index (χ3v) is 4.77. The molecule has 1 aliphatic heterocycles. The molecule has 0 bridgehead atoms. The highest BCUT2D eigenvalue weighted by Crippen LogP contribution is 2.35. The van der Waals surface area contributed by atoms with E-state index in [-0.39, 0.29) is 21.9 Å². The second-order valence-electron chi connectivity index (χ2n) is 5.79. The highest BCUT2D eigenvalue weighted by atomic mass is 32.2. The van der Waals surface area contributed by atoms with E-state index in [2.05, 4.69) is 0 Å². The lowest BCUT2D eigenvalue weighted by molar-refractivity contribution is -0.139. The van der Waals surface area contributed by atoms with Crippen LogP contribution in [0.1, 0.15) is 11.1 Å². The monoisotopic (exact) mass is 392 g/mol. The summed E-state index contributed by atoms with van der Waals surface area (Å²) in [5, 5.41) is 5.40. The van der Waals surface area contributed by atoms with Crippen LogP contribution in [0.2, 0.25) is 0 Å². The molecular formula is C18H20N2O6S. The summed E-state index contributed by atoms with van der Waals surface area (Å²) in [6, 6.07) is 3.14. The number of nitrogens with two attached hydrogens (primary N) is 1. The second kappa shape index (κ2) is 7.77. The van der Waals surface area contributed by atoms with Crippen LogP contribution < -0.4 is 10.0 Å². The van der Waals surface area contributed by atoms with E-state index in [4.69, 9.17) is 14.6 Å². The SMILES string of the molecule is COC(=O)C1=C(C(=O)OC)N(c2c(C)cc(C)cc2S(N)(=O)=O)C=CC=C1. The van der Waals surface area contributed by atoms with Crippen LogP contribution in [-0.2, 0) is 29.1 Å². The van der Waals surface area contributed by atoms with Gasteiger partial charge in [0.05, 0.1) is 25.5 Å². The fourth-order valence-electron chi connectivity index (χ4n) is 2.78. The van der Waals surface area contributed by atoms with E-state index in [1.807, 2.05) is 0 Å². The molecule has 27 heavy (non-hydrogen) atoms. The molecule has 0 aliphatic carbocycles. The lowest BCUT2D eigenvalue weighted by Gasteiger charge is -2.26. The third-order valence-electron chi connectivity index (χ3n) is 3.85. The van der Waals surface area contributed by atoms with Gasteiger partial charge in [0, 0.05) is 6.20 Å². The van der Waals surface area contributed by atoms with Crippen LogP contribution in [-0.4, -0.2) is 34.6 Å². The topological polar surface area (TPSA) is 116 Å². The number of carbonyl (C=O) groups is 2. The van der Waals surface area contributed by atoms with Gasteiger partial charge < -0.3 is 14.4 Å². The smallest absolute Gasteiger partial charge is 0.355 e. The van der Waals surface area contributed by atoms with Gasteiger partial charge in [0.1, 0.15) is 10.6 Å². The molecule has 144 valence electrons. The first-order chi connectivity index (χ1) is 12.6. The van der Waals surface area contributed by atoms with Gasteiger partial charge in [0.25, 0.3) is 0 Å². The summed E-state index contributed by atoms with van der Waals surface area (Å²) in [5.74, 6) is -1.62. The number of anilines is 1. The van der Waals surface area contributed by atoms with E-state index in [0.717, 1.165) is 7.11 Å². The van der Waals surface area contributed by atoms with Gasteiger partial charge in [-0.1, -0.05) is 12.1 Å². The molecule has 0 atom stereocenters. The first-order valence-electron chi connectivity index (χ1n) is 7.80. The van der Waals surface area contributed by atoms with Gasteiger partial charge in [-0.3, -0.25) is 0 Å². The zero-order valence-corrected chi connectivity index (χ0v) is 16.2. The molecule has 0 saturated carbocycles. The maximum absolute atomic E-state index is 12.5. The Balaban J connectivity index is 2.91. The van der Waals surface area contributed by atoms with Crippen LogP contribution in [0.5, 0.6) is 0 Å². The van der Waals surface area contributed by atoms with Crippen molar-refractivity contribution in [3.05, 3.63) is 59.0 Å². The van der Waals surface area contributed by atoms with Gasteiger partial charge >= 0.3 is 11.9 Å². The number of allylic oxidation sites excluding steroid dienone is 2. The first kappa shape index (κ1) is 20.4. The van der Waals surface area contributed by atoms with Crippen molar-refractivity contribution in [3.63, 3.8) is 0 Å². The van der Waals surface area contributed by atoms with Crippen molar-refractivity contribution in [2.75, 3.05) is 19.1 Å². The molecule has 0 aromatic heterocycles. The van der Waals surface area contributed by atoms with E-state index in [9.17, 15) is 18.0 Å². The number of methoxy groups -OCH3 is 2. The van der Waals surface area contributed by atoms with E-state index in [0.29, 0.717) is 11.1 Å². The summed E-state index contributed by atoms with van der Waals surface area (Å²) in [6.07, 6.45) is 5.90. The Bertz CT molecular complexity index is 989. The minimum atomic E-state index is -4.13. The van der Waals surface area contributed by atoms with Crippen LogP contribution in [0.3, 0.4) is 0 Å². The average molecular weight is 392 g/mol. The number of aryl methyl sites for hydroxylation is 2. The summed E-state index contributed by atoms with van der Waals surface area (Å²) in [4.78, 5) is 25.8. The summed E-state index contributed by atoms with van der Waals surface area (Å²) in [5.41, 5.74) is 1.08. The molecule has 1 aromatic rings. The highest BCUT2D eigenvalue weighted by Gasteiger charge is 2.31. The molecule has 0 amide bonds. The molecule has 0 saturated heterocycles. The van der Waals surface area contributed by atoms with E-state index in [1.54, 1.807) is 26.0 Å². The van der Waals surface area contributed by atoms with Gasteiger partial charge in [0.15, 0.2) is 0 Å². The Labute approximate surface area is 157 Å². The van der Waals surface area contributed by atoms with Gasteiger partial charge in [-0.15, -0.1) is 0 Å². The number of primary sulfonamides is 1. The molecule has 1 aromatic carbocycles. The van der Waals surface area contributed by atoms with Crippen LogP contribution in [0.15, 0.2) is 52.7 Å². The number of rotatable bonds is 4. The second-order valence-corrected chi connectivity index (χ2v) is 7.32. The van der Waals surface area contributed by atoms with Crippen LogP contribution in [0.25, 0.3) is 0 Å². The molecule has 9 heteroatoms. The summed E-state index contributed by atoms with van der Waals surface area (Å²) in [6.45, 7) is 3.40. The van der Waals surface area contributed by atoms with Crippen molar-refractivity contribution in [1.29, 1.82) is 0 Å². The van der Waals surface area contributed by atoms with Crippen LogP contribution in [0.4, 0.5) is 5.69 Å². The quantitative estimate of drug-likeness (QED) is 0.771. The lowest BCUT2D eigenvalue weighted by atomic mass is 10.1. The summed E-state index contributed by atoms with van der Waals surface area (Å²) < 4.78 is 33.9. The molecule has 2 rings (SSSR count). The minimum Gasteiger partial charge on any atom is -0.465 e. The van der Waals surface area contributed by atoms with Crippen LogP contribution >= 0.6 is 0 Å². The lowest BCUT2D eigenvalue weighted by Crippen LogP contribution is -2.29. The standard InChI is InChI=1S/C18H20N2O6S/c1-11-9-12(2)15(14(10-11)27(19,23)24)20-8-6-5-7-13(17(21)25-3)16(20)18(22)26-4/h5-10H,1-4H3,(H2,19,23,24). The maximum Gasteiger partial charge on any atom is 0.355 e. The predicted molar refractivity (Wildman–Crippen MR) is 99.1 cm³/mol. The normalized spacial score (nSPS) is 14.2. The van der Waals surface area contributed by atoms with Crippen molar-refractivity contribution >= 4 is 27.6 Å². The predicted octanol–water partition coefficient (Wildman–Crippen LogP) is 1.44. The number of carbonyl (C=O) groups excluding carboxylic acids is 2. The number of nitrogens with zero attached hydrogens (tertiary/aromatic N) is 1. The Morgan fingerprint density at radius 3 is 2.22 bits per heavy atom. The Hall–Kier alpha value is -2.91. The number of ether oxygens (including phenoxy) is 2. The van der Waals surface area contributed by atoms with Gasteiger partial charge in [-0.2, -0.15) is 0 Å². The molecular weight excluding hydrogens is 372 g/mol. The summed E-state index contributed by atoms with van der Waals surface area (Å²) in [7, 11) is -1.80. The Kier molecular flexibility index (Phi) is 5.87. The number of esters is 2. The molecule has 2 N–H and O–H groups in total. The van der Waals surface area contributed by atoms with Crippen molar-refractivity contribution < 1.29 is 27.5 Å². The first-order valence-corrected chi connectivity index (χ1v) is 9.35. The Morgan fingerprint density at radius 1 is 1.04 bits per heavy atom. The van der Waals surface area contributed by atoms with Gasteiger partial charge in [0.2, 0.25) is 10.0 Å². The minimum absolute atomic E-state index is 0.0882. The zero-order valence-electron chi connectivity index (χ0n) is 15.3. The number of hydrogen-bond donors (Lipinski definition) is 1. The molecule has 1 aliphatic rings. The van der Waals surface area contributed by atoms with Gasteiger partial charge in [-0.25, -0.2) is 23.1 Å². The molecule has 0 spiro atoms. The number of benzene rings is 1. The Morgan fingerprint density at radius 2 is 1.67 bits per heavy atom. The largest absolute Gasteiger partial charge is 0.465 e. The molecule has 0 radical (unpaired) electrons. The fourth-order valence-corrected chi connectivity index (χ4v) is 3.66. The van der Waals surface area contributed by atoms with Crippen molar-refractivity contribution in [2.45, 2.75) is 18.7 Å². The zero-order chi connectivity index (χ0) is 20.4. The number of sulfonamides is 1. The number of hydrogen-bond acceptors (Lipinski definition) is 7. The highest BCUT2D eigenvalue weighted by molar-refractivity contribution is 7.89. The fraction of sp³-hybridized carbons (Fsp3) is 0.222. The van der Waals surface area contributed by atoms with Crippen molar-refractivity contribution in [2.24, 2.45) is 5.14 Å². The average Bonchev–Trinajstić information content (AvgIpc) is 2.81. The maximum atomic E-state index is 12.5.